The molecular formula is C21H19NO4. The van der Waals surface area contributed by atoms with Crippen molar-refractivity contribution < 1.29 is 18.7 Å². The van der Waals surface area contributed by atoms with Gasteiger partial charge in [-0.15, -0.1) is 0 Å². The van der Waals surface area contributed by atoms with E-state index in [1.807, 2.05) is 31.2 Å². The third-order valence-electron chi connectivity index (χ3n) is 3.76. The Hall–Kier alpha value is -3.34. The highest BCUT2D eigenvalue weighted by molar-refractivity contribution is 6.02. The number of ether oxygens (including phenoxy) is 1. The Morgan fingerprint density at radius 3 is 2.62 bits per heavy atom. The molecule has 0 saturated heterocycles. The number of rotatable bonds is 5. The number of hydrogen-bond donors (Lipinski definition) is 1. The van der Waals surface area contributed by atoms with E-state index in [1.165, 1.54) is 6.08 Å². The van der Waals surface area contributed by atoms with Crippen LogP contribution < -0.4 is 5.32 Å². The summed E-state index contributed by atoms with van der Waals surface area (Å²) in [4.78, 5) is 23.6. The van der Waals surface area contributed by atoms with Crippen LogP contribution in [0.4, 0.5) is 5.69 Å². The minimum atomic E-state index is -0.384. The zero-order chi connectivity index (χ0) is 18.5. The summed E-state index contributed by atoms with van der Waals surface area (Å²) < 4.78 is 10.6. The van der Waals surface area contributed by atoms with E-state index in [1.54, 1.807) is 37.3 Å². The van der Waals surface area contributed by atoms with Gasteiger partial charge in [-0.2, -0.15) is 0 Å². The average Bonchev–Trinajstić information content (AvgIpc) is 3.03. The van der Waals surface area contributed by atoms with Crippen LogP contribution in [0.25, 0.3) is 17.0 Å². The number of esters is 1. The summed E-state index contributed by atoms with van der Waals surface area (Å²) in [6, 6.07) is 14.4. The summed E-state index contributed by atoms with van der Waals surface area (Å²) in [5, 5.41) is 3.72. The van der Waals surface area contributed by atoms with E-state index in [0.29, 0.717) is 23.6 Å². The molecule has 132 valence electrons. The van der Waals surface area contributed by atoms with Gasteiger partial charge in [-0.05, 0) is 61.9 Å². The van der Waals surface area contributed by atoms with Crippen LogP contribution in [0.15, 0.2) is 59.0 Å². The van der Waals surface area contributed by atoms with Gasteiger partial charge >= 0.3 is 5.97 Å². The van der Waals surface area contributed by atoms with Crippen molar-refractivity contribution in [3.05, 3.63) is 71.5 Å². The Morgan fingerprint density at radius 2 is 1.88 bits per heavy atom. The van der Waals surface area contributed by atoms with Crippen molar-refractivity contribution in [3.8, 4) is 0 Å². The van der Waals surface area contributed by atoms with Crippen molar-refractivity contribution in [2.24, 2.45) is 0 Å². The molecule has 1 aromatic heterocycles. The Labute approximate surface area is 151 Å². The Kier molecular flexibility index (Phi) is 5.17. The molecule has 0 aliphatic rings. The lowest BCUT2D eigenvalue weighted by Crippen LogP contribution is -2.08. The normalized spacial score (nSPS) is 11.0. The van der Waals surface area contributed by atoms with Gasteiger partial charge in [0.1, 0.15) is 11.3 Å². The third-order valence-corrected chi connectivity index (χ3v) is 3.76. The minimum absolute atomic E-state index is 0.287. The van der Waals surface area contributed by atoms with Gasteiger partial charge in [0, 0.05) is 17.1 Å². The molecule has 0 bridgehead atoms. The second-order valence-corrected chi connectivity index (χ2v) is 5.81. The monoisotopic (exact) mass is 349 g/mol. The highest BCUT2D eigenvalue weighted by Gasteiger charge is 2.06. The standard InChI is InChI=1S/C21H19NO4/c1-3-25-21(24)15-6-8-17(9-7-15)22-20(23)11-10-18-13-16-5-4-14(2)12-19(16)26-18/h4-13H,3H2,1-2H3,(H,22,23). The van der Waals surface area contributed by atoms with Gasteiger partial charge in [-0.1, -0.05) is 12.1 Å². The maximum absolute atomic E-state index is 12.0. The Bertz CT molecular complexity index is 967. The predicted octanol–water partition coefficient (Wildman–Crippen LogP) is 4.57. The van der Waals surface area contributed by atoms with Crippen molar-refractivity contribution in [3.63, 3.8) is 0 Å². The first kappa shape index (κ1) is 17.5. The molecule has 1 amide bonds. The molecule has 0 fully saturated rings. The third kappa shape index (κ3) is 4.19. The molecule has 5 heteroatoms. The van der Waals surface area contributed by atoms with Gasteiger partial charge in [0.2, 0.25) is 5.91 Å². The van der Waals surface area contributed by atoms with Crippen LogP contribution in [0.5, 0.6) is 0 Å². The van der Waals surface area contributed by atoms with Crippen LogP contribution in [-0.4, -0.2) is 18.5 Å². The molecule has 0 atom stereocenters. The first-order valence-corrected chi connectivity index (χ1v) is 8.31. The van der Waals surface area contributed by atoms with E-state index in [2.05, 4.69) is 5.32 Å². The summed E-state index contributed by atoms with van der Waals surface area (Å²) in [7, 11) is 0. The lowest BCUT2D eigenvalue weighted by atomic mass is 10.2. The smallest absolute Gasteiger partial charge is 0.338 e. The fourth-order valence-electron chi connectivity index (χ4n) is 2.49. The minimum Gasteiger partial charge on any atom is -0.462 e. The van der Waals surface area contributed by atoms with Crippen molar-refractivity contribution in [1.29, 1.82) is 0 Å². The molecule has 1 N–H and O–H groups in total. The predicted molar refractivity (Wildman–Crippen MR) is 101 cm³/mol. The lowest BCUT2D eigenvalue weighted by molar-refractivity contribution is -0.111. The molecule has 0 saturated carbocycles. The van der Waals surface area contributed by atoms with Crippen LogP contribution in [0.3, 0.4) is 0 Å². The van der Waals surface area contributed by atoms with Gasteiger partial charge < -0.3 is 14.5 Å². The van der Waals surface area contributed by atoms with Crippen LogP contribution in [0, 0.1) is 6.92 Å². The van der Waals surface area contributed by atoms with E-state index < -0.39 is 0 Å². The second-order valence-electron chi connectivity index (χ2n) is 5.81. The number of benzene rings is 2. The van der Waals surface area contributed by atoms with Crippen LogP contribution in [0.1, 0.15) is 28.6 Å². The number of furan rings is 1. The summed E-state index contributed by atoms with van der Waals surface area (Å²) in [5.74, 6) is -0.0608. The van der Waals surface area contributed by atoms with Crippen LogP contribution in [-0.2, 0) is 9.53 Å². The quantitative estimate of drug-likeness (QED) is 0.541. The number of fused-ring (bicyclic) bond motifs is 1. The molecule has 0 aliphatic carbocycles. The number of anilines is 1. The summed E-state index contributed by atoms with van der Waals surface area (Å²) in [6.45, 7) is 4.07. The number of carbonyl (C=O) groups is 2. The average molecular weight is 349 g/mol. The topological polar surface area (TPSA) is 68.5 Å². The highest BCUT2D eigenvalue weighted by atomic mass is 16.5. The largest absolute Gasteiger partial charge is 0.462 e. The van der Waals surface area contributed by atoms with Crippen LogP contribution in [0.2, 0.25) is 0 Å². The van der Waals surface area contributed by atoms with Crippen LogP contribution >= 0.6 is 0 Å². The number of amides is 1. The maximum Gasteiger partial charge on any atom is 0.338 e. The van der Waals surface area contributed by atoms with E-state index in [0.717, 1.165) is 16.5 Å². The highest BCUT2D eigenvalue weighted by Crippen LogP contribution is 2.21. The van der Waals surface area contributed by atoms with Gasteiger partial charge in [-0.3, -0.25) is 4.79 Å². The molecule has 0 radical (unpaired) electrons. The molecule has 5 nitrogen and oxygen atoms in total. The van der Waals surface area contributed by atoms with Crippen molar-refractivity contribution in [2.45, 2.75) is 13.8 Å². The van der Waals surface area contributed by atoms with Gasteiger partial charge in [-0.25, -0.2) is 4.79 Å². The van der Waals surface area contributed by atoms with Gasteiger partial charge in [0.15, 0.2) is 0 Å². The first-order chi connectivity index (χ1) is 12.5. The van der Waals surface area contributed by atoms with Gasteiger partial charge in [0.25, 0.3) is 0 Å². The van der Waals surface area contributed by atoms with Crippen molar-refractivity contribution in [2.75, 3.05) is 11.9 Å². The zero-order valence-corrected chi connectivity index (χ0v) is 14.6. The zero-order valence-electron chi connectivity index (χ0n) is 14.6. The second kappa shape index (κ2) is 7.70. The van der Waals surface area contributed by atoms with Gasteiger partial charge in [0.05, 0.1) is 12.2 Å². The number of aryl methyl sites for hydroxylation is 1. The number of carbonyl (C=O) groups excluding carboxylic acids is 2. The van der Waals surface area contributed by atoms with E-state index in [4.69, 9.17) is 9.15 Å². The number of hydrogen-bond acceptors (Lipinski definition) is 4. The maximum atomic E-state index is 12.0. The summed E-state index contributed by atoms with van der Waals surface area (Å²) >= 11 is 0. The Balaban J connectivity index is 1.64. The molecular weight excluding hydrogens is 330 g/mol. The van der Waals surface area contributed by atoms with E-state index in [-0.39, 0.29) is 11.9 Å². The molecule has 0 spiro atoms. The fraction of sp³-hybridized carbons (Fsp3) is 0.143. The molecule has 0 aliphatic heterocycles. The van der Waals surface area contributed by atoms with Crippen molar-refractivity contribution in [1.82, 2.24) is 0 Å². The van der Waals surface area contributed by atoms with E-state index >= 15 is 0 Å². The fourth-order valence-corrected chi connectivity index (χ4v) is 2.49. The Morgan fingerprint density at radius 1 is 1.12 bits per heavy atom. The van der Waals surface area contributed by atoms with E-state index in [9.17, 15) is 9.59 Å². The molecule has 26 heavy (non-hydrogen) atoms. The lowest BCUT2D eigenvalue weighted by Gasteiger charge is -2.04. The molecule has 2 aromatic carbocycles. The summed E-state index contributed by atoms with van der Waals surface area (Å²) in [6.07, 6.45) is 3.03. The molecule has 0 unspecified atom stereocenters. The first-order valence-electron chi connectivity index (χ1n) is 8.31. The van der Waals surface area contributed by atoms with Crippen molar-refractivity contribution >= 4 is 34.6 Å². The summed E-state index contributed by atoms with van der Waals surface area (Å²) in [5.41, 5.74) is 2.94. The molecule has 3 aromatic rings. The number of nitrogens with one attached hydrogen (secondary N) is 1. The molecule has 1 heterocycles. The molecule has 3 rings (SSSR count). The SMILES string of the molecule is CCOC(=O)c1ccc(NC(=O)C=Cc2cc3ccc(C)cc3o2)cc1.